The molecule has 0 N–H and O–H groups in total. The van der Waals surface area contributed by atoms with E-state index in [2.05, 4.69) is 6.92 Å². The fourth-order valence-corrected chi connectivity index (χ4v) is 4.27. The summed E-state index contributed by atoms with van der Waals surface area (Å²) >= 11 is 5.68. The molecule has 1 aliphatic rings. The van der Waals surface area contributed by atoms with E-state index in [1.807, 2.05) is 12.1 Å². The van der Waals surface area contributed by atoms with Gasteiger partial charge in [-0.15, -0.1) is 11.6 Å². The molecule has 5 heteroatoms. The van der Waals surface area contributed by atoms with Crippen LogP contribution in [-0.2, 0) is 16.4 Å². The van der Waals surface area contributed by atoms with E-state index in [1.165, 1.54) is 0 Å². The molecule has 0 aromatic heterocycles. The minimum Gasteiger partial charge on any atom is -0.207 e. The summed E-state index contributed by atoms with van der Waals surface area (Å²) in [4.78, 5) is 0.417. The Hall–Kier alpha value is -0.580. The van der Waals surface area contributed by atoms with E-state index in [0.717, 1.165) is 44.1 Å². The second-order valence-electron chi connectivity index (χ2n) is 5.64. The Bertz CT molecular complexity index is 538. The lowest BCUT2D eigenvalue weighted by atomic mass is 10.1. The van der Waals surface area contributed by atoms with E-state index in [4.69, 9.17) is 11.6 Å². The Labute approximate surface area is 133 Å². The fraction of sp³-hybridized carbons (Fsp3) is 0.625. The standard InChI is InChI=1S/C16H24ClNO2S/c1-2-3-13-18(15-8-9-15)21(19,20)16-10-6-14(7-11-16)5-4-12-17/h6-7,10-11,15H,2-5,8-9,12-13H2,1H3. The summed E-state index contributed by atoms with van der Waals surface area (Å²) in [6.07, 6.45) is 5.73. The number of aryl methyl sites for hydroxylation is 1. The minimum atomic E-state index is -3.34. The molecule has 0 radical (unpaired) electrons. The zero-order valence-electron chi connectivity index (χ0n) is 12.6. The molecule has 1 saturated carbocycles. The molecule has 1 aromatic carbocycles. The molecule has 0 atom stereocenters. The first-order chi connectivity index (χ1) is 10.1. The Morgan fingerprint density at radius 3 is 2.38 bits per heavy atom. The predicted octanol–water partition coefficient (Wildman–Crippen LogP) is 3.81. The Morgan fingerprint density at radius 1 is 1.19 bits per heavy atom. The number of alkyl halides is 1. The van der Waals surface area contributed by atoms with Crippen LogP contribution in [0.1, 0.15) is 44.6 Å². The number of unbranched alkanes of at least 4 members (excludes halogenated alkanes) is 1. The largest absolute Gasteiger partial charge is 0.243 e. The SMILES string of the molecule is CCCCN(C1CC1)S(=O)(=O)c1ccc(CCCCl)cc1. The van der Waals surface area contributed by atoms with Crippen molar-refractivity contribution in [3.8, 4) is 0 Å². The van der Waals surface area contributed by atoms with Crippen LogP contribution in [0.15, 0.2) is 29.2 Å². The number of sulfonamides is 1. The average molecular weight is 330 g/mol. The van der Waals surface area contributed by atoms with Crippen molar-refractivity contribution in [3.05, 3.63) is 29.8 Å². The van der Waals surface area contributed by atoms with Crippen LogP contribution in [0.2, 0.25) is 0 Å². The molecular formula is C16H24ClNO2S. The van der Waals surface area contributed by atoms with E-state index >= 15 is 0 Å². The number of rotatable bonds is 9. The van der Waals surface area contributed by atoms with Gasteiger partial charge in [0.05, 0.1) is 4.90 Å². The van der Waals surface area contributed by atoms with Crippen LogP contribution in [0.4, 0.5) is 0 Å². The maximum absolute atomic E-state index is 12.7. The predicted molar refractivity (Wildman–Crippen MR) is 87.3 cm³/mol. The van der Waals surface area contributed by atoms with Gasteiger partial charge < -0.3 is 0 Å². The Balaban J connectivity index is 2.13. The van der Waals surface area contributed by atoms with Crippen LogP contribution >= 0.6 is 11.6 Å². The van der Waals surface area contributed by atoms with Crippen molar-refractivity contribution in [2.24, 2.45) is 0 Å². The molecular weight excluding hydrogens is 306 g/mol. The number of hydrogen-bond donors (Lipinski definition) is 0. The van der Waals surface area contributed by atoms with Crippen molar-refractivity contribution < 1.29 is 8.42 Å². The van der Waals surface area contributed by atoms with Crippen molar-refractivity contribution in [3.63, 3.8) is 0 Å². The minimum absolute atomic E-state index is 0.220. The van der Waals surface area contributed by atoms with Gasteiger partial charge in [-0.1, -0.05) is 25.5 Å². The molecule has 0 spiro atoms. The molecule has 0 heterocycles. The maximum Gasteiger partial charge on any atom is 0.243 e. The third-order valence-corrected chi connectivity index (χ3v) is 6.05. The molecule has 0 saturated heterocycles. The lowest BCUT2D eigenvalue weighted by Crippen LogP contribution is -2.34. The topological polar surface area (TPSA) is 37.4 Å². The number of nitrogens with zero attached hydrogens (tertiary/aromatic N) is 1. The molecule has 0 unspecified atom stereocenters. The summed E-state index contributed by atoms with van der Waals surface area (Å²) in [6, 6.07) is 7.51. The number of hydrogen-bond acceptors (Lipinski definition) is 2. The second-order valence-corrected chi connectivity index (χ2v) is 7.91. The summed E-state index contributed by atoms with van der Waals surface area (Å²) in [5.41, 5.74) is 1.14. The number of halogens is 1. The quantitative estimate of drug-likeness (QED) is 0.646. The van der Waals surface area contributed by atoms with Gasteiger partial charge in [0.1, 0.15) is 0 Å². The molecule has 3 nitrogen and oxygen atoms in total. The highest BCUT2D eigenvalue weighted by Gasteiger charge is 2.37. The highest BCUT2D eigenvalue weighted by atomic mass is 35.5. The van der Waals surface area contributed by atoms with Crippen LogP contribution in [0, 0.1) is 0 Å². The van der Waals surface area contributed by atoms with Crippen LogP contribution in [-0.4, -0.2) is 31.2 Å². The van der Waals surface area contributed by atoms with Gasteiger partial charge in [-0.25, -0.2) is 8.42 Å². The number of benzene rings is 1. The monoisotopic (exact) mass is 329 g/mol. The molecule has 118 valence electrons. The summed E-state index contributed by atoms with van der Waals surface area (Å²) < 4.78 is 27.2. The van der Waals surface area contributed by atoms with Gasteiger partial charge in [0.25, 0.3) is 0 Å². The first-order valence-corrected chi connectivity index (χ1v) is 9.73. The Kier molecular flexibility index (Phi) is 6.08. The van der Waals surface area contributed by atoms with Crippen molar-refractivity contribution in [1.82, 2.24) is 4.31 Å². The first-order valence-electron chi connectivity index (χ1n) is 7.76. The summed E-state index contributed by atoms with van der Waals surface area (Å²) in [7, 11) is -3.34. The molecule has 1 fully saturated rings. The van der Waals surface area contributed by atoms with E-state index in [-0.39, 0.29) is 6.04 Å². The summed E-state index contributed by atoms with van der Waals surface area (Å²) in [6.45, 7) is 2.72. The zero-order chi connectivity index (χ0) is 15.3. The fourth-order valence-electron chi connectivity index (χ4n) is 2.41. The van der Waals surface area contributed by atoms with Gasteiger partial charge in [0.15, 0.2) is 0 Å². The molecule has 2 rings (SSSR count). The van der Waals surface area contributed by atoms with Crippen LogP contribution in [0.5, 0.6) is 0 Å². The van der Waals surface area contributed by atoms with Crippen molar-refractivity contribution in [1.29, 1.82) is 0 Å². The van der Waals surface area contributed by atoms with Gasteiger partial charge in [0.2, 0.25) is 10.0 Å². The van der Waals surface area contributed by atoms with Crippen LogP contribution in [0.3, 0.4) is 0 Å². The zero-order valence-corrected chi connectivity index (χ0v) is 14.2. The molecule has 0 amide bonds. The molecule has 1 aromatic rings. The third kappa shape index (κ3) is 4.44. The normalized spacial score (nSPS) is 15.6. The first kappa shape index (κ1) is 16.8. The average Bonchev–Trinajstić information content (AvgIpc) is 3.30. The van der Waals surface area contributed by atoms with E-state index in [1.54, 1.807) is 16.4 Å². The smallest absolute Gasteiger partial charge is 0.207 e. The van der Waals surface area contributed by atoms with Crippen LogP contribution < -0.4 is 0 Å². The lowest BCUT2D eigenvalue weighted by Gasteiger charge is -2.21. The van der Waals surface area contributed by atoms with Gasteiger partial charge >= 0.3 is 0 Å². The van der Waals surface area contributed by atoms with Gasteiger partial charge in [-0.3, -0.25) is 0 Å². The maximum atomic E-state index is 12.7. The van der Waals surface area contributed by atoms with Crippen LogP contribution in [0.25, 0.3) is 0 Å². The lowest BCUT2D eigenvalue weighted by molar-refractivity contribution is 0.395. The summed E-state index contributed by atoms with van der Waals surface area (Å²) in [5.74, 6) is 0.631. The van der Waals surface area contributed by atoms with Gasteiger partial charge in [0, 0.05) is 18.5 Å². The third-order valence-electron chi connectivity index (χ3n) is 3.82. The second kappa shape index (κ2) is 7.61. The van der Waals surface area contributed by atoms with Crippen molar-refractivity contribution >= 4 is 21.6 Å². The molecule has 0 aliphatic heterocycles. The molecule has 0 bridgehead atoms. The van der Waals surface area contributed by atoms with Crippen molar-refractivity contribution in [2.75, 3.05) is 12.4 Å². The van der Waals surface area contributed by atoms with E-state index < -0.39 is 10.0 Å². The molecule has 1 aliphatic carbocycles. The van der Waals surface area contributed by atoms with E-state index in [0.29, 0.717) is 17.3 Å². The summed E-state index contributed by atoms with van der Waals surface area (Å²) in [5, 5.41) is 0. The van der Waals surface area contributed by atoms with E-state index in [9.17, 15) is 8.42 Å². The van der Waals surface area contributed by atoms with Crippen molar-refractivity contribution in [2.45, 2.75) is 56.4 Å². The van der Waals surface area contributed by atoms with Gasteiger partial charge in [-0.2, -0.15) is 4.31 Å². The van der Waals surface area contributed by atoms with Gasteiger partial charge in [-0.05, 0) is 49.8 Å². The highest BCUT2D eigenvalue weighted by Crippen LogP contribution is 2.32. The highest BCUT2D eigenvalue weighted by molar-refractivity contribution is 7.89. The molecule has 21 heavy (non-hydrogen) atoms. The Morgan fingerprint density at radius 2 is 1.86 bits per heavy atom.